The van der Waals surface area contributed by atoms with Crippen molar-refractivity contribution >= 4 is 11.0 Å². The summed E-state index contributed by atoms with van der Waals surface area (Å²) in [5, 5.41) is 4.66. The Morgan fingerprint density at radius 3 is 2.74 bits per heavy atom. The highest BCUT2D eigenvalue weighted by atomic mass is 16.7. The molecule has 1 fully saturated rings. The van der Waals surface area contributed by atoms with Crippen LogP contribution in [0.15, 0.2) is 16.5 Å². The fourth-order valence-corrected chi connectivity index (χ4v) is 2.64. The molecule has 0 bridgehead atoms. The molecule has 0 spiro atoms. The van der Waals surface area contributed by atoms with E-state index in [0.717, 1.165) is 41.2 Å². The summed E-state index contributed by atoms with van der Waals surface area (Å²) in [5.41, 5.74) is 2.18. The average molecular weight is 259 g/mol. The molecule has 1 aromatic heterocycles. The third-order valence-corrected chi connectivity index (χ3v) is 3.85. The highest BCUT2D eigenvalue weighted by molar-refractivity contribution is 5.86. The summed E-state index contributed by atoms with van der Waals surface area (Å²) in [4.78, 5) is 0. The van der Waals surface area contributed by atoms with Crippen LogP contribution in [-0.2, 0) is 13.0 Å². The van der Waals surface area contributed by atoms with Crippen LogP contribution in [-0.4, -0.2) is 12.8 Å². The number of aryl methyl sites for hydroxylation is 1. The van der Waals surface area contributed by atoms with Gasteiger partial charge in [-0.2, -0.15) is 0 Å². The molecular formula is C15H17NO3. The maximum Gasteiger partial charge on any atom is 0.231 e. The Morgan fingerprint density at radius 2 is 2.00 bits per heavy atom. The Morgan fingerprint density at radius 1 is 1.21 bits per heavy atom. The molecular weight excluding hydrogens is 242 g/mol. The van der Waals surface area contributed by atoms with Crippen LogP contribution in [0.25, 0.3) is 11.0 Å². The molecule has 4 rings (SSSR count). The molecule has 2 aromatic rings. The lowest BCUT2D eigenvalue weighted by atomic mass is 10.1. The first-order valence-corrected chi connectivity index (χ1v) is 6.92. The molecule has 0 amide bonds. The van der Waals surface area contributed by atoms with E-state index in [1.165, 1.54) is 18.4 Å². The predicted molar refractivity (Wildman–Crippen MR) is 71.6 cm³/mol. The topological polar surface area (TPSA) is 43.6 Å². The van der Waals surface area contributed by atoms with E-state index in [4.69, 9.17) is 13.9 Å². The van der Waals surface area contributed by atoms with Crippen LogP contribution in [0.5, 0.6) is 11.5 Å². The zero-order valence-electron chi connectivity index (χ0n) is 11.0. The van der Waals surface area contributed by atoms with Crippen molar-refractivity contribution < 1.29 is 13.9 Å². The monoisotopic (exact) mass is 259 g/mol. The Bertz CT molecular complexity index is 628. The van der Waals surface area contributed by atoms with Gasteiger partial charge in [0.1, 0.15) is 11.3 Å². The number of hydrogen-bond acceptors (Lipinski definition) is 4. The molecule has 100 valence electrons. The van der Waals surface area contributed by atoms with Crippen LogP contribution < -0.4 is 14.8 Å². The van der Waals surface area contributed by atoms with E-state index in [1.54, 1.807) is 0 Å². The highest BCUT2D eigenvalue weighted by Gasteiger charge is 2.23. The number of rotatable bonds is 4. The molecule has 0 saturated heterocycles. The second-order valence-electron chi connectivity index (χ2n) is 5.21. The SMILES string of the molecule is CCc1c(CNC2CC2)oc2cc3c(cc12)OCO3. The van der Waals surface area contributed by atoms with Crippen LogP contribution >= 0.6 is 0 Å². The van der Waals surface area contributed by atoms with Gasteiger partial charge in [0.2, 0.25) is 6.79 Å². The van der Waals surface area contributed by atoms with Gasteiger partial charge in [-0.05, 0) is 25.3 Å². The summed E-state index contributed by atoms with van der Waals surface area (Å²) < 4.78 is 16.8. The van der Waals surface area contributed by atoms with Crippen molar-refractivity contribution in [3.05, 3.63) is 23.5 Å². The van der Waals surface area contributed by atoms with Gasteiger partial charge < -0.3 is 19.2 Å². The minimum atomic E-state index is 0.305. The van der Waals surface area contributed by atoms with Crippen molar-refractivity contribution in [1.82, 2.24) is 5.32 Å². The second-order valence-corrected chi connectivity index (χ2v) is 5.21. The van der Waals surface area contributed by atoms with Gasteiger partial charge in [-0.3, -0.25) is 0 Å². The van der Waals surface area contributed by atoms with Gasteiger partial charge in [-0.1, -0.05) is 6.92 Å². The summed E-state index contributed by atoms with van der Waals surface area (Å²) in [6, 6.07) is 4.67. The standard InChI is InChI=1S/C15H17NO3/c1-2-10-11-5-13-14(18-8-17-13)6-12(11)19-15(10)7-16-9-3-4-9/h5-6,9,16H,2-4,7-8H2,1H3. The summed E-state index contributed by atoms with van der Waals surface area (Å²) in [5.74, 6) is 2.66. The lowest BCUT2D eigenvalue weighted by Crippen LogP contribution is -2.15. The molecule has 1 saturated carbocycles. The normalized spacial score (nSPS) is 17.3. The number of benzene rings is 1. The van der Waals surface area contributed by atoms with E-state index < -0.39 is 0 Å². The Balaban J connectivity index is 1.75. The summed E-state index contributed by atoms with van der Waals surface area (Å²) in [6.07, 6.45) is 3.55. The Labute approximate surface area is 111 Å². The van der Waals surface area contributed by atoms with Gasteiger partial charge in [-0.15, -0.1) is 0 Å². The summed E-state index contributed by atoms with van der Waals surface area (Å²) >= 11 is 0. The van der Waals surface area contributed by atoms with Crippen LogP contribution in [0.1, 0.15) is 31.1 Å². The van der Waals surface area contributed by atoms with Crippen LogP contribution in [0.4, 0.5) is 0 Å². The zero-order valence-corrected chi connectivity index (χ0v) is 11.0. The lowest BCUT2D eigenvalue weighted by molar-refractivity contribution is 0.174. The molecule has 0 atom stereocenters. The lowest BCUT2D eigenvalue weighted by Gasteiger charge is -2.01. The second kappa shape index (κ2) is 4.17. The Hall–Kier alpha value is -1.68. The van der Waals surface area contributed by atoms with E-state index in [-0.39, 0.29) is 0 Å². The average Bonchev–Trinajstić information content (AvgIpc) is 3.03. The molecule has 1 aliphatic carbocycles. The molecule has 2 aliphatic rings. The van der Waals surface area contributed by atoms with E-state index in [1.807, 2.05) is 12.1 Å². The maximum absolute atomic E-state index is 6.00. The number of hydrogen-bond donors (Lipinski definition) is 1. The molecule has 4 heteroatoms. The molecule has 0 unspecified atom stereocenters. The van der Waals surface area contributed by atoms with Crippen LogP contribution in [0.2, 0.25) is 0 Å². The van der Waals surface area contributed by atoms with Gasteiger partial charge in [0.05, 0.1) is 6.54 Å². The first-order chi connectivity index (χ1) is 9.35. The Kier molecular flexibility index (Phi) is 2.45. The third kappa shape index (κ3) is 1.87. The molecule has 4 nitrogen and oxygen atoms in total. The fraction of sp³-hybridized carbons (Fsp3) is 0.467. The first-order valence-electron chi connectivity index (χ1n) is 6.92. The van der Waals surface area contributed by atoms with Crippen molar-refractivity contribution in [2.75, 3.05) is 6.79 Å². The molecule has 1 aliphatic heterocycles. The molecule has 1 aromatic carbocycles. The third-order valence-electron chi connectivity index (χ3n) is 3.85. The molecule has 19 heavy (non-hydrogen) atoms. The maximum atomic E-state index is 6.00. The fourth-order valence-electron chi connectivity index (χ4n) is 2.64. The number of nitrogens with one attached hydrogen (secondary N) is 1. The van der Waals surface area contributed by atoms with Gasteiger partial charge in [0.15, 0.2) is 11.5 Å². The van der Waals surface area contributed by atoms with Crippen molar-refractivity contribution in [2.45, 2.75) is 38.8 Å². The van der Waals surface area contributed by atoms with Crippen LogP contribution in [0, 0.1) is 0 Å². The summed E-state index contributed by atoms with van der Waals surface area (Å²) in [7, 11) is 0. The van der Waals surface area contributed by atoms with Crippen molar-refractivity contribution in [3.8, 4) is 11.5 Å². The highest BCUT2D eigenvalue weighted by Crippen LogP contribution is 2.39. The molecule has 1 N–H and O–H groups in total. The minimum Gasteiger partial charge on any atom is -0.459 e. The van der Waals surface area contributed by atoms with E-state index in [9.17, 15) is 0 Å². The van der Waals surface area contributed by atoms with Crippen molar-refractivity contribution in [3.63, 3.8) is 0 Å². The summed E-state index contributed by atoms with van der Waals surface area (Å²) in [6.45, 7) is 3.28. The largest absolute Gasteiger partial charge is 0.459 e. The minimum absolute atomic E-state index is 0.305. The van der Waals surface area contributed by atoms with Crippen molar-refractivity contribution in [2.24, 2.45) is 0 Å². The molecule has 0 radical (unpaired) electrons. The number of fused-ring (bicyclic) bond motifs is 2. The van der Waals surface area contributed by atoms with Gasteiger partial charge in [0, 0.05) is 23.1 Å². The first kappa shape index (κ1) is 11.2. The zero-order chi connectivity index (χ0) is 12.8. The van der Waals surface area contributed by atoms with E-state index in [0.29, 0.717) is 12.8 Å². The van der Waals surface area contributed by atoms with E-state index in [2.05, 4.69) is 12.2 Å². The van der Waals surface area contributed by atoms with Crippen LogP contribution in [0.3, 0.4) is 0 Å². The molecule has 2 heterocycles. The van der Waals surface area contributed by atoms with Gasteiger partial charge in [-0.25, -0.2) is 0 Å². The van der Waals surface area contributed by atoms with Gasteiger partial charge >= 0.3 is 0 Å². The van der Waals surface area contributed by atoms with E-state index >= 15 is 0 Å². The number of furan rings is 1. The van der Waals surface area contributed by atoms with Crippen molar-refractivity contribution in [1.29, 1.82) is 0 Å². The number of ether oxygens (including phenoxy) is 2. The predicted octanol–water partition coefficient (Wildman–Crippen LogP) is 2.98. The smallest absolute Gasteiger partial charge is 0.231 e. The quantitative estimate of drug-likeness (QED) is 0.916. The van der Waals surface area contributed by atoms with Gasteiger partial charge in [0.25, 0.3) is 0 Å².